The maximum Gasteiger partial charge on any atom is 0.416 e. The third-order valence-corrected chi connectivity index (χ3v) is 5.23. The molecule has 2 atom stereocenters. The number of alkyl halides is 3. The maximum absolute atomic E-state index is 13.0. The van der Waals surface area contributed by atoms with Gasteiger partial charge >= 0.3 is 6.18 Å². The van der Waals surface area contributed by atoms with Gasteiger partial charge in [0.1, 0.15) is 0 Å². The van der Waals surface area contributed by atoms with E-state index in [1.807, 2.05) is 6.92 Å². The number of hydrogen-bond acceptors (Lipinski definition) is 3. The van der Waals surface area contributed by atoms with Gasteiger partial charge in [-0.05, 0) is 56.2 Å². The molecule has 26 heavy (non-hydrogen) atoms. The second-order valence-corrected chi connectivity index (χ2v) is 7.41. The van der Waals surface area contributed by atoms with Crippen molar-refractivity contribution < 1.29 is 18.0 Å². The molecule has 144 valence electrons. The van der Waals surface area contributed by atoms with Crippen molar-refractivity contribution in [2.45, 2.75) is 63.7 Å². The SMILES string of the molecule is CCCNc1ccc(C(F)(F)F)cc1NC(=O)CC1CC2CCC(C1)N2. The first kappa shape index (κ1) is 19.0. The Labute approximate surface area is 151 Å². The first-order chi connectivity index (χ1) is 12.3. The lowest BCUT2D eigenvalue weighted by Gasteiger charge is -2.28. The number of nitrogens with one attached hydrogen (secondary N) is 3. The van der Waals surface area contributed by atoms with Crippen molar-refractivity contribution in [2.24, 2.45) is 5.92 Å². The van der Waals surface area contributed by atoms with Crippen LogP contribution in [-0.2, 0) is 11.0 Å². The topological polar surface area (TPSA) is 53.2 Å². The highest BCUT2D eigenvalue weighted by Gasteiger charge is 2.34. The largest absolute Gasteiger partial charge is 0.416 e. The number of halogens is 3. The number of rotatable bonds is 6. The molecule has 2 unspecified atom stereocenters. The molecule has 0 saturated carbocycles. The van der Waals surface area contributed by atoms with Crippen LogP contribution in [0.5, 0.6) is 0 Å². The molecule has 0 spiro atoms. The maximum atomic E-state index is 13.0. The summed E-state index contributed by atoms with van der Waals surface area (Å²) in [6, 6.07) is 4.42. The second-order valence-electron chi connectivity index (χ2n) is 7.41. The minimum absolute atomic E-state index is 0.204. The molecule has 1 aromatic rings. The predicted molar refractivity (Wildman–Crippen MR) is 96.1 cm³/mol. The molecular weight excluding hydrogens is 343 g/mol. The van der Waals surface area contributed by atoms with E-state index in [-0.39, 0.29) is 11.6 Å². The minimum Gasteiger partial charge on any atom is -0.383 e. The van der Waals surface area contributed by atoms with Gasteiger partial charge in [-0.15, -0.1) is 0 Å². The summed E-state index contributed by atoms with van der Waals surface area (Å²) in [5, 5.41) is 9.32. The van der Waals surface area contributed by atoms with Gasteiger partial charge in [0.15, 0.2) is 0 Å². The Morgan fingerprint density at radius 3 is 2.50 bits per heavy atom. The summed E-state index contributed by atoms with van der Waals surface area (Å²) in [5.74, 6) is 0.0850. The van der Waals surface area contributed by atoms with Crippen LogP contribution in [-0.4, -0.2) is 24.5 Å². The van der Waals surface area contributed by atoms with Crippen molar-refractivity contribution in [2.75, 3.05) is 17.2 Å². The number of carbonyl (C=O) groups excluding carboxylic acids is 1. The van der Waals surface area contributed by atoms with Crippen molar-refractivity contribution in [3.63, 3.8) is 0 Å². The summed E-state index contributed by atoms with van der Waals surface area (Å²) in [7, 11) is 0. The Kier molecular flexibility index (Phi) is 5.75. The van der Waals surface area contributed by atoms with Crippen molar-refractivity contribution in [3.8, 4) is 0 Å². The fourth-order valence-corrected chi connectivity index (χ4v) is 4.04. The lowest BCUT2D eigenvalue weighted by atomic mass is 9.89. The summed E-state index contributed by atoms with van der Waals surface area (Å²) < 4.78 is 39.0. The number of piperidine rings is 1. The summed E-state index contributed by atoms with van der Waals surface area (Å²) in [6.07, 6.45) is 1.01. The van der Waals surface area contributed by atoms with E-state index in [1.54, 1.807) is 0 Å². The van der Waals surface area contributed by atoms with Crippen LogP contribution >= 0.6 is 0 Å². The number of fused-ring (bicyclic) bond motifs is 2. The van der Waals surface area contributed by atoms with E-state index in [4.69, 9.17) is 0 Å². The molecule has 2 saturated heterocycles. The number of carbonyl (C=O) groups is 1. The summed E-state index contributed by atoms with van der Waals surface area (Å²) in [4.78, 5) is 12.5. The van der Waals surface area contributed by atoms with Crippen molar-refractivity contribution >= 4 is 17.3 Å². The van der Waals surface area contributed by atoms with E-state index in [0.717, 1.165) is 44.2 Å². The zero-order chi connectivity index (χ0) is 18.7. The van der Waals surface area contributed by atoms with Gasteiger partial charge < -0.3 is 16.0 Å². The van der Waals surface area contributed by atoms with E-state index in [0.29, 0.717) is 36.7 Å². The average molecular weight is 369 g/mol. The smallest absolute Gasteiger partial charge is 0.383 e. The average Bonchev–Trinajstić information content (AvgIpc) is 2.91. The third-order valence-electron chi connectivity index (χ3n) is 5.23. The molecule has 3 rings (SSSR count). The summed E-state index contributed by atoms with van der Waals surface area (Å²) in [5.41, 5.74) is -0.0245. The first-order valence-corrected chi connectivity index (χ1v) is 9.36. The highest BCUT2D eigenvalue weighted by atomic mass is 19.4. The Hall–Kier alpha value is -1.76. The van der Waals surface area contributed by atoms with Gasteiger partial charge in [-0.25, -0.2) is 0 Å². The Bertz CT molecular complexity index is 635. The molecule has 0 aromatic heterocycles. The third kappa shape index (κ3) is 4.69. The fraction of sp³-hybridized carbons (Fsp3) is 0.632. The van der Waals surface area contributed by atoms with Gasteiger partial charge in [-0.2, -0.15) is 13.2 Å². The normalized spacial score (nSPS) is 25.2. The van der Waals surface area contributed by atoms with E-state index < -0.39 is 11.7 Å². The Morgan fingerprint density at radius 1 is 1.19 bits per heavy atom. The number of hydrogen-bond donors (Lipinski definition) is 3. The zero-order valence-corrected chi connectivity index (χ0v) is 15.0. The number of anilines is 2. The van der Waals surface area contributed by atoms with Crippen LogP contribution in [0, 0.1) is 5.92 Å². The molecule has 3 N–H and O–H groups in total. The predicted octanol–water partition coefficient (Wildman–Crippen LogP) is 4.39. The van der Waals surface area contributed by atoms with Crippen molar-refractivity contribution in [3.05, 3.63) is 23.8 Å². The van der Waals surface area contributed by atoms with Gasteiger partial charge in [0, 0.05) is 25.0 Å². The standard InChI is InChI=1S/C19H26F3N3O/c1-2-7-23-16-6-3-13(19(20,21)22)11-17(16)25-18(26)10-12-8-14-4-5-15(9-12)24-14/h3,6,11-12,14-15,23-24H,2,4-5,7-10H2,1H3,(H,25,26). The minimum atomic E-state index is -4.43. The van der Waals surface area contributed by atoms with Crippen LogP contribution in [0.2, 0.25) is 0 Å². The van der Waals surface area contributed by atoms with Gasteiger partial charge in [0.05, 0.1) is 16.9 Å². The molecule has 1 aromatic carbocycles. The molecular formula is C19H26F3N3O. The summed E-state index contributed by atoms with van der Waals surface area (Å²) in [6.45, 7) is 2.60. The van der Waals surface area contributed by atoms with Crippen LogP contribution in [0.15, 0.2) is 18.2 Å². The van der Waals surface area contributed by atoms with Crippen molar-refractivity contribution in [1.29, 1.82) is 0 Å². The molecule has 1 amide bonds. The molecule has 2 heterocycles. The second kappa shape index (κ2) is 7.86. The number of benzene rings is 1. The van der Waals surface area contributed by atoms with Crippen LogP contribution < -0.4 is 16.0 Å². The molecule has 2 aliphatic heterocycles. The van der Waals surface area contributed by atoms with Gasteiger partial charge in [0.25, 0.3) is 0 Å². The number of amides is 1. The molecule has 4 nitrogen and oxygen atoms in total. The van der Waals surface area contributed by atoms with E-state index in [9.17, 15) is 18.0 Å². The van der Waals surface area contributed by atoms with Gasteiger partial charge in [0.2, 0.25) is 5.91 Å². The molecule has 2 aliphatic rings. The van der Waals surface area contributed by atoms with E-state index in [1.165, 1.54) is 6.07 Å². The zero-order valence-electron chi connectivity index (χ0n) is 15.0. The highest BCUT2D eigenvalue weighted by molar-refractivity contribution is 5.94. The van der Waals surface area contributed by atoms with Crippen LogP contribution in [0.3, 0.4) is 0 Å². The quantitative estimate of drug-likeness (QED) is 0.697. The summed E-state index contributed by atoms with van der Waals surface area (Å²) >= 11 is 0. The fourth-order valence-electron chi connectivity index (χ4n) is 4.04. The van der Waals surface area contributed by atoms with E-state index in [2.05, 4.69) is 16.0 Å². The molecule has 0 aliphatic carbocycles. The van der Waals surface area contributed by atoms with E-state index >= 15 is 0 Å². The molecule has 2 fully saturated rings. The van der Waals surface area contributed by atoms with Crippen LogP contribution in [0.4, 0.5) is 24.5 Å². The van der Waals surface area contributed by atoms with Crippen molar-refractivity contribution in [1.82, 2.24) is 5.32 Å². The van der Waals surface area contributed by atoms with Crippen LogP contribution in [0.25, 0.3) is 0 Å². The molecule has 0 radical (unpaired) electrons. The molecule has 7 heteroatoms. The lowest BCUT2D eigenvalue weighted by molar-refractivity contribution is -0.137. The molecule has 2 bridgehead atoms. The Balaban J connectivity index is 1.68. The van der Waals surface area contributed by atoms with Gasteiger partial charge in [-0.3, -0.25) is 4.79 Å². The monoisotopic (exact) mass is 369 g/mol. The van der Waals surface area contributed by atoms with Crippen LogP contribution in [0.1, 0.15) is 51.0 Å². The Morgan fingerprint density at radius 2 is 1.88 bits per heavy atom. The van der Waals surface area contributed by atoms with Gasteiger partial charge in [-0.1, -0.05) is 6.92 Å². The lowest BCUT2D eigenvalue weighted by Crippen LogP contribution is -2.39. The highest BCUT2D eigenvalue weighted by Crippen LogP contribution is 2.35. The first-order valence-electron chi connectivity index (χ1n) is 9.36.